The first-order valence-electron chi connectivity index (χ1n) is 8.88. The second-order valence-corrected chi connectivity index (χ2v) is 6.94. The molecular weight excluding hydrogens is 366 g/mol. The maximum absolute atomic E-state index is 12.7. The number of carbonyl (C=O) groups excluding carboxylic acids is 2. The van der Waals surface area contributed by atoms with Crippen molar-refractivity contribution in [3.8, 4) is 0 Å². The Morgan fingerprint density at radius 3 is 2.37 bits per heavy atom. The monoisotopic (exact) mass is 391 g/mol. The van der Waals surface area contributed by atoms with Gasteiger partial charge in [0.1, 0.15) is 11.5 Å². The Labute approximate surface area is 165 Å². The normalized spacial score (nSPS) is 14.6. The number of carbonyl (C=O) groups is 2. The third-order valence-electron chi connectivity index (χ3n) is 4.90. The summed E-state index contributed by atoms with van der Waals surface area (Å²) in [5.74, 6) is 1.24. The summed E-state index contributed by atoms with van der Waals surface area (Å²) >= 11 is 0. The SMILES string of the molecule is Cc1cc(C(=O)NC2CCN(C(=O)c3cc(N)ccc3C)CC2)c(C)o1.Cl. The van der Waals surface area contributed by atoms with E-state index in [1.165, 1.54) is 0 Å². The maximum atomic E-state index is 12.7. The smallest absolute Gasteiger partial charge is 0.255 e. The number of nitrogens with one attached hydrogen (secondary N) is 1. The fraction of sp³-hybridized carbons (Fsp3) is 0.400. The lowest BCUT2D eigenvalue weighted by atomic mass is 10.0. The number of nitrogens with zero attached hydrogens (tertiary/aromatic N) is 1. The Morgan fingerprint density at radius 2 is 1.78 bits per heavy atom. The van der Waals surface area contributed by atoms with Gasteiger partial charge in [0.05, 0.1) is 5.56 Å². The van der Waals surface area contributed by atoms with Gasteiger partial charge in [-0.1, -0.05) is 6.07 Å². The molecule has 2 heterocycles. The van der Waals surface area contributed by atoms with E-state index in [0.717, 1.165) is 24.2 Å². The number of halogens is 1. The van der Waals surface area contributed by atoms with Crippen molar-refractivity contribution in [3.63, 3.8) is 0 Å². The number of anilines is 1. The molecule has 3 N–H and O–H groups in total. The quantitative estimate of drug-likeness (QED) is 0.786. The van der Waals surface area contributed by atoms with E-state index in [0.29, 0.717) is 35.7 Å². The molecule has 1 saturated heterocycles. The van der Waals surface area contributed by atoms with Crippen LogP contribution >= 0.6 is 12.4 Å². The number of benzene rings is 1. The Kier molecular flexibility index (Phi) is 6.54. The second-order valence-electron chi connectivity index (χ2n) is 6.94. The Balaban J connectivity index is 0.00000261. The van der Waals surface area contributed by atoms with Crippen LogP contribution in [0.4, 0.5) is 5.69 Å². The van der Waals surface area contributed by atoms with Crippen molar-refractivity contribution >= 4 is 29.9 Å². The number of amides is 2. The van der Waals surface area contributed by atoms with Crippen molar-refractivity contribution in [2.24, 2.45) is 0 Å². The molecule has 7 heteroatoms. The van der Waals surface area contributed by atoms with E-state index in [1.54, 1.807) is 25.1 Å². The van der Waals surface area contributed by atoms with Gasteiger partial charge in [-0.05, 0) is 57.4 Å². The molecule has 0 radical (unpaired) electrons. The molecule has 0 aliphatic carbocycles. The number of aryl methyl sites for hydroxylation is 3. The molecule has 1 aliphatic rings. The van der Waals surface area contributed by atoms with E-state index < -0.39 is 0 Å². The molecule has 1 aliphatic heterocycles. The summed E-state index contributed by atoms with van der Waals surface area (Å²) in [6.07, 6.45) is 1.46. The van der Waals surface area contributed by atoms with Gasteiger partial charge in [0.15, 0.2) is 0 Å². The largest absolute Gasteiger partial charge is 0.466 e. The van der Waals surface area contributed by atoms with Crippen LogP contribution in [0.25, 0.3) is 0 Å². The number of piperidine rings is 1. The minimum atomic E-state index is -0.115. The van der Waals surface area contributed by atoms with Gasteiger partial charge < -0.3 is 20.4 Å². The van der Waals surface area contributed by atoms with Gasteiger partial charge in [-0.15, -0.1) is 12.4 Å². The van der Waals surface area contributed by atoms with Crippen LogP contribution in [0.15, 0.2) is 28.7 Å². The van der Waals surface area contributed by atoms with Gasteiger partial charge in [-0.25, -0.2) is 0 Å². The molecule has 0 unspecified atom stereocenters. The maximum Gasteiger partial charge on any atom is 0.255 e. The third kappa shape index (κ3) is 4.63. The van der Waals surface area contributed by atoms with Crippen LogP contribution in [0.3, 0.4) is 0 Å². The highest BCUT2D eigenvalue weighted by Crippen LogP contribution is 2.19. The van der Waals surface area contributed by atoms with Gasteiger partial charge in [-0.3, -0.25) is 9.59 Å². The van der Waals surface area contributed by atoms with Crippen LogP contribution in [-0.4, -0.2) is 35.8 Å². The Morgan fingerprint density at radius 1 is 1.11 bits per heavy atom. The summed E-state index contributed by atoms with van der Waals surface area (Å²) in [5, 5.41) is 3.05. The van der Waals surface area contributed by atoms with Gasteiger partial charge in [0.25, 0.3) is 11.8 Å². The van der Waals surface area contributed by atoms with Crippen LogP contribution in [-0.2, 0) is 0 Å². The summed E-state index contributed by atoms with van der Waals surface area (Å²) in [6.45, 7) is 6.75. The Hall–Kier alpha value is -2.47. The molecule has 146 valence electrons. The molecule has 6 nitrogen and oxygen atoms in total. The summed E-state index contributed by atoms with van der Waals surface area (Å²) in [5.41, 5.74) is 8.56. The number of furan rings is 1. The van der Waals surface area contributed by atoms with E-state index in [-0.39, 0.29) is 30.3 Å². The van der Waals surface area contributed by atoms with Crippen molar-refractivity contribution < 1.29 is 14.0 Å². The fourth-order valence-electron chi connectivity index (χ4n) is 3.39. The van der Waals surface area contributed by atoms with Gasteiger partial charge in [0.2, 0.25) is 0 Å². The first-order valence-corrected chi connectivity index (χ1v) is 8.88. The summed E-state index contributed by atoms with van der Waals surface area (Å²) in [4.78, 5) is 27.0. The van der Waals surface area contributed by atoms with E-state index in [1.807, 2.05) is 24.8 Å². The van der Waals surface area contributed by atoms with Crippen molar-refractivity contribution in [3.05, 3.63) is 52.5 Å². The van der Waals surface area contributed by atoms with Gasteiger partial charge in [0, 0.05) is 30.4 Å². The van der Waals surface area contributed by atoms with Gasteiger partial charge >= 0.3 is 0 Å². The average Bonchev–Trinajstić information content (AvgIpc) is 2.95. The first-order chi connectivity index (χ1) is 12.3. The Bertz CT molecular complexity index is 839. The summed E-state index contributed by atoms with van der Waals surface area (Å²) in [6, 6.07) is 7.21. The number of nitrogens with two attached hydrogens (primary N) is 1. The predicted octanol–water partition coefficient (Wildman–Crippen LogP) is 3.24. The van der Waals surface area contributed by atoms with E-state index >= 15 is 0 Å². The number of rotatable bonds is 3. The molecule has 0 saturated carbocycles. The summed E-state index contributed by atoms with van der Waals surface area (Å²) in [7, 11) is 0. The van der Waals surface area contributed by atoms with Crippen molar-refractivity contribution in [1.29, 1.82) is 0 Å². The lowest BCUT2D eigenvalue weighted by Gasteiger charge is -2.32. The zero-order valence-electron chi connectivity index (χ0n) is 15.9. The van der Waals surface area contributed by atoms with E-state index in [4.69, 9.17) is 10.2 Å². The lowest BCUT2D eigenvalue weighted by molar-refractivity contribution is 0.0697. The zero-order chi connectivity index (χ0) is 18.8. The minimum Gasteiger partial charge on any atom is -0.466 e. The summed E-state index contributed by atoms with van der Waals surface area (Å²) < 4.78 is 5.42. The molecular formula is C20H26ClN3O3. The molecule has 27 heavy (non-hydrogen) atoms. The number of nitrogen functional groups attached to an aromatic ring is 1. The van der Waals surface area contributed by atoms with Crippen LogP contribution in [0, 0.1) is 20.8 Å². The molecule has 1 aromatic heterocycles. The van der Waals surface area contributed by atoms with E-state index in [9.17, 15) is 9.59 Å². The second kappa shape index (κ2) is 8.48. The minimum absolute atomic E-state index is 0. The molecule has 3 rings (SSSR count). The molecule has 1 aromatic carbocycles. The zero-order valence-corrected chi connectivity index (χ0v) is 16.7. The highest BCUT2D eigenvalue weighted by atomic mass is 35.5. The van der Waals surface area contributed by atoms with Crippen molar-refractivity contribution in [2.45, 2.75) is 39.7 Å². The van der Waals surface area contributed by atoms with Crippen LogP contribution in [0.1, 0.15) is 50.6 Å². The highest BCUT2D eigenvalue weighted by molar-refractivity contribution is 5.97. The number of hydrogen-bond donors (Lipinski definition) is 2. The number of hydrogen-bond acceptors (Lipinski definition) is 4. The lowest BCUT2D eigenvalue weighted by Crippen LogP contribution is -2.46. The molecule has 2 aromatic rings. The van der Waals surface area contributed by atoms with Crippen molar-refractivity contribution in [1.82, 2.24) is 10.2 Å². The van der Waals surface area contributed by atoms with Crippen LogP contribution in [0.2, 0.25) is 0 Å². The molecule has 0 bridgehead atoms. The molecule has 0 atom stereocenters. The van der Waals surface area contributed by atoms with E-state index in [2.05, 4.69) is 5.32 Å². The third-order valence-corrected chi connectivity index (χ3v) is 4.90. The van der Waals surface area contributed by atoms with Crippen LogP contribution in [0.5, 0.6) is 0 Å². The fourth-order valence-corrected chi connectivity index (χ4v) is 3.39. The molecule has 0 spiro atoms. The standard InChI is InChI=1S/C20H25N3O3.ClH/c1-12-4-5-15(21)11-17(12)20(25)23-8-6-16(7-9-23)22-19(24)18-10-13(2)26-14(18)3;/h4-5,10-11,16H,6-9,21H2,1-3H3,(H,22,24);1H. The van der Waals surface area contributed by atoms with Gasteiger partial charge in [-0.2, -0.15) is 0 Å². The number of likely N-dealkylation sites (tertiary alicyclic amines) is 1. The average molecular weight is 392 g/mol. The van der Waals surface area contributed by atoms with Crippen molar-refractivity contribution in [2.75, 3.05) is 18.8 Å². The van der Waals surface area contributed by atoms with Crippen LogP contribution < -0.4 is 11.1 Å². The predicted molar refractivity (Wildman–Crippen MR) is 107 cm³/mol. The first kappa shape index (κ1) is 20.8. The molecule has 1 fully saturated rings. The molecule has 2 amide bonds. The highest BCUT2D eigenvalue weighted by Gasteiger charge is 2.26. The topological polar surface area (TPSA) is 88.6 Å².